The molecule has 1 amide bonds. The van der Waals surface area contributed by atoms with Crippen molar-refractivity contribution in [2.75, 3.05) is 11.9 Å². The van der Waals surface area contributed by atoms with Crippen molar-refractivity contribution in [2.24, 2.45) is 5.73 Å². The molecule has 2 rings (SSSR count). The lowest BCUT2D eigenvalue weighted by molar-refractivity contribution is -0.384. The Hall–Kier alpha value is -2.77. The lowest BCUT2D eigenvalue weighted by atomic mass is 10.2. The first kappa shape index (κ1) is 12.7. The maximum Gasteiger partial charge on any atom is 0.270 e. The third-order valence-corrected chi connectivity index (χ3v) is 2.49. The second-order valence-corrected chi connectivity index (χ2v) is 3.82. The van der Waals surface area contributed by atoms with Crippen molar-refractivity contribution in [1.29, 1.82) is 0 Å². The van der Waals surface area contributed by atoms with Gasteiger partial charge in [-0.2, -0.15) is 0 Å². The van der Waals surface area contributed by atoms with Crippen molar-refractivity contribution < 1.29 is 9.72 Å². The molecule has 0 bridgehead atoms. The number of rotatable bonds is 5. The molecule has 0 fully saturated rings. The Labute approximate surface area is 107 Å². The zero-order chi connectivity index (χ0) is 13.8. The van der Waals surface area contributed by atoms with Gasteiger partial charge in [0.05, 0.1) is 10.4 Å². The summed E-state index contributed by atoms with van der Waals surface area (Å²) in [5, 5.41) is 14.2. The molecule has 8 nitrogen and oxygen atoms in total. The fraction of sp³-hybridized carbons (Fsp3) is 0.182. The minimum Gasteiger partial charge on any atom is -0.370 e. The summed E-state index contributed by atoms with van der Waals surface area (Å²) >= 11 is 0. The molecular weight excluding hydrogens is 250 g/mol. The maximum atomic E-state index is 10.7. The van der Waals surface area contributed by atoms with E-state index in [1.165, 1.54) is 18.5 Å². The lowest BCUT2D eigenvalue weighted by Crippen LogP contribution is -2.16. The van der Waals surface area contributed by atoms with Crippen LogP contribution in [-0.4, -0.2) is 27.3 Å². The Morgan fingerprint density at radius 3 is 2.89 bits per heavy atom. The van der Waals surface area contributed by atoms with Crippen LogP contribution < -0.4 is 11.1 Å². The standard InChI is InChI=1S/C11H11N5O3/c12-10(17)3-4-13-11-8-5-7(16(18)19)1-2-9(8)14-6-15-11/h1-2,5-6H,3-4H2,(H2,12,17)(H,13,14,15). The summed E-state index contributed by atoms with van der Waals surface area (Å²) < 4.78 is 0. The smallest absolute Gasteiger partial charge is 0.270 e. The molecule has 0 aliphatic heterocycles. The summed E-state index contributed by atoms with van der Waals surface area (Å²) in [4.78, 5) is 28.9. The van der Waals surface area contributed by atoms with E-state index in [1.807, 2.05) is 0 Å². The number of nitrogens with two attached hydrogens (primary N) is 1. The summed E-state index contributed by atoms with van der Waals surface area (Å²) in [5.41, 5.74) is 5.58. The molecule has 0 aliphatic carbocycles. The summed E-state index contributed by atoms with van der Waals surface area (Å²) in [5.74, 6) is 0.00629. The molecule has 1 heterocycles. The number of nitro groups is 1. The van der Waals surface area contributed by atoms with E-state index in [4.69, 9.17) is 5.73 Å². The Kier molecular flexibility index (Phi) is 3.51. The molecule has 0 atom stereocenters. The van der Waals surface area contributed by atoms with Gasteiger partial charge in [0.25, 0.3) is 5.69 Å². The number of non-ortho nitro benzene ring substituents is 1. The van der Waals surface area contributed by atoms with E-state index in [2.05, 4.69) is 15.3 Å². The first-order valence-corrected chi connectivity index (χ1v) is 5.49. The van der Waals surface area contributed by atoms with Gasteiger partial charge >= 0.3 is 0 Å². The second kappa shape index (κ2) is 5.25. The van der Waals surface area contributed by atoms with Crippen LogP contribution in [0.4, 0.5) is 11.5 Å². The average molecular weight is 261 g/mol. The van der Waals surface area contributed by atoms with Gasteiger partial charge in [0, 0.05) is 30.5 Å². The fourth-order valence-electron chi connectivity index (χ4n) is 1.60. The van der Waals surface area contributed by atoms with E-state index < -0.39 is 10.8 Å². The number of nitro benzene ring substituents is 1. The van der Waals surface area contributed by atoms with E-state index in [-0.39, 0.29) is 12.1 Å². The topological polar surface area (TPSA) is 124 Å². The summed E-state index contributed by atoms with van der Waals surface area (Å²) in [6.45, 7) is 0.310. The molecule has 19 heavy (non-hydrogen) atoms. The van der Waals surface area contributed by atoms with Crippen LogP contribution in [0.1, 0.15) is 6.42 Å². The predicted molar refractivity (Wildman–Crippen MR) is 68.5 cm³/mol. The largest absolute Gasteiger partial charge is 0.370 e. The lowest BCUT2D eigenvalue weighted by Gasteiger charge is -2.06. The normalized spacial score (nSPS) is 10.3. The Morgan fingerprint density at radius 2 is 2.21 bits per heavy atom. The number of fused-ring (bicyclic) bond motifs is 1. The number of aromatic nitrogens is 2. The Morgan fingerprint density at radius 1 is 1.42 bits per heavy atom. The molecule has 0 spiro atoms. The van der Waals surface area contributed by atoms with E-state index >= 15 is 0 Å². The van der Waals surface area contributed by atoms with E-state index in [0.717, 1.165) is 0 Å². The van der Waals surface area contributed by atoms with E-state index in [0.29, 0.717) is 23.3 Å². The second-order valence-electron chi connectivity index (χ2n) is 3.82. The predicted octanol–water partition coefficient (Wildman–Crippen LogP) is 0.825. The molecule has 0 unspecified atom stereocenters. The number of benzene rings is 1. The van der Waals surface area contributed by atoms with Crippen LogP contribution in [-0.2, 0) is 4.79 Å². The minimum atomic E-state index is -0.486. The molecule has 0 aliphatic rings. The highest BCUT2D eigenvalue weighted by atomic mass is 16.6. The number of carbonyl (C=O) groups excluding carboxylic acids is 1. The minimum absolute atomic E-state index is 0.0414. The molecule has 1 aromatic carbocycles. The van der Waals surface area contributed by atoms with Gasteiger partial charge in [0.15, 0.2) is 0 Å². The molecule has 0 saturated carbocycles. The number of anilines is 1. The Bertz CT molecular complexity index is 643. The van der Waals surface area contributed by atoms with Gasteiger partial charge in [-0.3, -0.25) is 14.9 Å². The summed E-state index contributed by atoms with van der Waals surface area (Å²) in [6, 6.07) is 4.32. The molecule has 8 heteroatoms. The van der Waals surface area contributed by atoms with Crippen LogP contribution in [0.25, 0.3) is 10.9 Å². The van der Waals surface area contributed by atoms with Gasteiger partial charge in [-0.25, -0.2) is 9.97 Å². The van der Waals surface area contributed by atoms with Crippen molar-refractivity contribution in [3.63, 3.8) is 0 Å². The van der Waals surface area contributed by atoms with Crippen molar-refractivity contribution in [1.82, 2.24) is 9.97 Å². The van der Waals surface area contributed by atoms with Gasteiger partial charge in [0.2, 0.25) is 5.91 Å². The van der Waals surface area contributed by atoms with Crippen LogP contribution in [0.3, 0.4) is 0 Å². The number of hydrogen-bond donors (Lipinski definition) is 2. The van der Waals surface area contributed by atoms with E-state index in [9.17, 15) is 14.9 Å². The zero-order valence-corrected chi connectivity index (χ0v) is 9.87. The highest BCUT2D eigenvalue weighted by Crippen LogP contribution is 2.24. The first-order chi connectivity index (χ1) is 9.08. The molecule has 1 aromatic heterocycles. The van der Waals surface area contributed by atoms with Gasteiger partial charge < -0.3 is 11.1 Å². The van der Waals surface area contributed by atoms with Crippen molar-refractivity contribution in [3.8, 4) is 0 Å². The molecule has 2 aromatic rings. The summed E-state index contributed by atoms with van der Waals surface area (Å²) in [7, 11) is 0. The molecule has 0 saturated heterocycles. The van der Waals surface area contributed by atoms with E-state index in [1.54, 1.807) is 6.07 Å². The van der Waals surface area contributed by atoms with Crippen molar-refractivity contribution >= 4 is 28.3 Å². The number of amides is 1. The van der Waals surface area contributed by atoms with Gasteiger partial charge in [-0.1, -0.05) is 0 Å². The highest BCUT2D eigenvalue weighted by molar-refractivity contribution is 5.90. The molecule has 0 radical (unpaired) electrons. The van der Waals surface area contributed by atoms with Crippen LogP contribution in [0.5, 0.6) is 0 Å². The monoisotopic (exact) mass is 261 g/mol. The van der Waals surface area contributed by atoms with Crippen LogP contribution >= 0.6 is 0 Å². The third-order valence-electron chi connectivity index (χ3n) is 2.49. The quantitative estimate of drug-likeness (QED) is 0.606. The van der Waals surface area contributed by atoms with Crippen molar-refractivity contribution in [3.05, 3.63) is 34.6 Å². The molecular formula is C11H11N5O3. The highest BCUT2D eigenvalue weighted by Gasteiger charge is 2.10. The van der Waals surface area contributed by atoms with Gasteiger partial charge in [0.1, 0.15) is 12.1 Å². The fourth-order valence-corrected chi connectivity index (χ4v) is 1.60. The number of nitrogens with zero attached hydrogens (tertiary/aromatic N) is 3. The molecule has 3 N–H and O–H groups in total. The van der Waals surface area contributed by atoms with Crippen LogP contribution in [0.2, 0.25) is 0 Å². The number of carbonyl (C=O) groups is 1. The number of hydrogen-bond acceptors (Lipinski definition) is 6. The molecule has 98 valence electrons. The van der Waals surface area contributed by atoms with Gasteiger partial charge in [-0.05, 0) is 6.07 Å². The third kappa shape index (κ3) is 2.92. The van der Waals surface area contributed by atoms with Crippen molar-refractivity contribution in [2.45, 2.75) is 6.42 Å². The summed E-state index contributed by atoms with van der Waals surface area (Å²) in [6.07, 6.45) is 1.50. The number of nitrogens with one attached hydrogen (secondary N) is 1. The first-order valence-electron chi connectivity index (χ1n) is 5.49. The Balaban J connectivity index is 2.34. The SMILES string of the molecule is NC(=O)CCNc1ncnc2ccc([N+](=O)[O-])cc12. The average Bonchev–Trinajstić information content (AvgIpc) is 2.38. The zero-order valence-electron chi connectivity index (χ0n) is 9.87. The number of primary amides is 1. The van der Waals surface area contributed by atoms with Gasteiger partial charge in [-0.15, -0.1) is 0 Å². The van der Waals surface area contributed by atoms with Crippen LogP contribution in [0, 0.1) is 10.1 Å². The maximum absolute atomic E-state index is 10.7. The van der Waals surface area contributed by atoms with Crippen LogP contribution in [0.15, 0.2) is 24.5 Å².